The number of esters is 2. The molecule has 2 N–H and O–H groups in total. The molecular weight excluding hydrogens is 400 g/mol. The Balaban J connectivity index is -0.000000340. The monoisotopic (exact) mass is 434 g/mol. The van der Waals surface area contributed by atoms with Crippen LogP contribution in [0.1, 0.15) is 33.3 Å². The van der Waals surface area contributed by atoms with E-state index in [2.05, 4.69) is 35.8 Å². The van der Waals surface area contributed by atoms with Crippen molar-refractivity contribution in [3.63, 3.8) is 0 Å². The highest BCUT2D eigenvalue weighted by Crippen LogP contribution is 1.97. The maximum atomic E-state index is 10.5. The van der Waals surface area contributed by atoms with E-state index in [0.717, 1.165) is 0 Å². The van der Waals surface area contributed by atoms with E-state index in [1.807, 2.05) is 36.4 Å². The molecule has 1 rings (SSSR count). The first kappa shape index (κ1) is 32.2. The van der Waals surface area contributed by atoms with Gasteiger partial charge in [-0.05, 0) is 33.3 Å². The van der Waals surface area contributed by atoms with Crippen molar-refractivity contribution >= 4 is 24.0 Å². The fourth-order valence-electron chi connectivity index (χ4n) is 1.10. The van der Waals surface area contributed by atoms with Crippen LogP contribution in [0.4, 0.5) is 0 Å². The van der Waals surface area contributed by atoms with E-state index in [1.165, 1.54) is 12.5 Å². The number of carbonyl (C=O) groups excluding carboxylic acids is 2. The largest absolute Gasteiger partial charge is 0.478 e. The molecule has 0 heterocycles. The van der Waals surface area contributed by atoms with Gasteiger partial charge in [-0.1, -0.05) is 62.7 Å². The summed E-state index contributed by atoms with van der Waals surface area (Å²) in [5.41, 5.74) is 2.15. The number of hydrogen-bond acceptors (Lipinski definition) is 6. The molecule has 0 spiro atoms. The molecule has 172 valence electrons. The summed E-state index contributed by atoms with van der Waals surface area (Å²) in [6, 6.07) is 10.0. The summed E-state index contributed by atoms with van der Waals surface area (Å²) in [6.07, 6.45) is 1.83. The molecule has 0 unspecified atom stereocenters. The molecule has 0 atom stereocenters. The van der Waals surface area contributed by atoms with Gasteiger partial charge in [-0.3, -0.25) is 0 Å². The smallest absolute Gasteiger partial charge is 0.333 e. The van der Waals surface area contributed by atoms with Gasteiger partial charge >= 0.3 is 17.9 Å². The van der Waals surface area contributed by atoms with Crippen LogP contribution in [-0.2, 0) is 23.9 Å². The lowest BCUT2D eigenvalue weighted by atomic mass is 10.2. The van der Waals surface area contributed by atoms with Crippen LogP contribution in [0.2, 0.25) is 0 Å². The molecule has 7 heteroatoms. The number of carboxylic acids is 1. The number of aliphatic hydroxyl groups excluding tert-OH is 1. The summed E-state index contributed by atoms with van der Waals surface area (Å²) >= 11 is 0. The van der Waals surface area contributed by atoms with Crippen LogP contribution >= 0.6 is 0 Å². The third-order valence-corrected chi connectivity index (χ3v) is 2.70. The van der Waals surface area contributed by atoms with Crippen molar-refractivity contribution in [3.8, 4) is 0 Å². The van der Waals surface area contributed by atoms with Crippen LogP contribution in [0.5, 0.6) is 0 Å². The van der Waals surface area contributed by atoms with Gasteiger partial charge in [0.2, 0.25) is 0 Å². The van der Waals surface area contributed by atoms with Gasteiger partial charge in [-0.25, -0.2) is 14.4 Å². The predicted molar refractivity (Wildman–Crippen MR) is 123 cm³/mol. The van der Waals surface area contributed by atoms with Gasteiger partial charge in [-0.15, -0.1) is 0 Å². The summed E-state index contributed by atoms with van der Waals surface area (Å²) < 4.78 is 9.03. The van der Waals surface area contributed by atoms with Crippen molar-refractivity contribution in [1.29, 1.82) is 0 Å². The van der Waals surface area contributed by atoms with Crippen LogP contribution in [0.3, 0.4) is 0 Å². The number of aliphatic hydroxyl groups is 1. The minimum Gasteiger partial charge on any atom is -0.478 e. The molecule has 7 nitrogen and oxygen atoms in total. The number of benzene rings is 1. The minimum atomic E-state index is -0.935. The van der Waals surface area contributed by atoms with Gasteiger partial charge in [0.25, 0.3) is 0 Å². The van der Waals surface area contributed by atoms with E-state index in [4.69, 9.17) is 10.2 Å². The van der Waals surface area contributed by atoms with E-state index in [-0.39, 0.29) is 24.8 Å². The molecule has 1 aromatic rings. The lowest BCUT2D eigenvalue weighted by molar-refractivity contribution is -0.140. The number of aliphatic carboxylic acids is 1. The van der Waals surface area contributed by atoms with Crippen LogP contribution in [-0.4, -0.2) is 47.9 Å². The second-order valence-electron chi connectivity index (χ2n) is 5.84. The molecule has 0 radical (unpaired) electrons. The molecule has 0 saturated heterocycles. The number of carbonyl (C=O) groups is 3. The zero-order chi connectivity index (χ0) is 24.8. The average molecular weight is 435 g/mol. The molecule has 0 saturated carbocycles. The van der Waals surface area contributed by atoms with E-state index >= 15 is 0 Å². The Bertz CT molecular complexity index is 707. The average Bonchev–Trinajstić information content (AvgIpc) is 2.73. The van der Waals surface area contributed by atoms with Crippen LogP contribution in [0.15, 0.2) is 73.4 Å². The maximum absolute atomic E-state index is 10.5. The van der Waals surface area contributed by atoms with E-state index in [9.17, 15) is 14.4 Å². The Morgan fingerprint density at radius 1 is 0.903 bits per heavy atom. The van der Waals surface area contributed by atoms with Gasteiger partial charge < -0.3 is 19.7 Å². The van der Waals surface area contributed by atoms with E-state index in [0.29, 0.717) is 17.8 Å². The SMILES string of the molecule is C=C(C)C(=O)O.C=C(C)C(=O)OCC.C=C(C)C(=O)OCCO.C=Cc1ccccc1. The number of rotatable bonds is 7. The molecule has 0 aromatic heterocycles. The summed E-state index contributed by atoms with van der Waals surface area (Å²) in [7, 11) is 0. The maximum Gasteiger partial charge on any atom is 0.333 e. The van der Waals surface area contributed by atoms with Gasteiger partial charge in [0.15, 0.2) is 0 Å². The van der Waals surface area contributed by atoms with Gasteiger partial charge in [-0.2, -0.15) is 0 Å². The number of carboxylic acid groups (broad SMARTS) is 1. The third kappa shape index (κ3) is 24.5. The Labute approximate surface area is 185 Å². The zero-order valence-electron chi connectivity index (χ0n) is 18.8. The van der Waals surface area contributed by atoms with Crippen LogP contribution < -0.4 is 0 Å². The third-order valence-electron chi connectivity index (χ3n) is 2.70. The normalized spacial score (nSPS) is 8.29. The summed E-state index contributed by atoms with van der Waals surface area (Å²) in [5.74, 6) is -1.70. The van der Waals surface area contributed by atoms with Crippen molar-refractivity contribution in [3.05, 3.63) is 78.9 Å². The second-order valence-corrected chi connectivity index (χ2v) is 5.84. The zero-order valence-corrected chi connectivity index (χ0v) is 18.8. The minimum absolute atomic E-state index is 0.0473. The Kier molecular flexibility index (Phi) is 22.1. The fourth-order valence-corrected chi connectivity index (χ4v) is 1.10. The van der Waals surface area contributed by atoms with Crippen LogP contribution in [0.25, 0.3) is 6.08 Å². The van der Waals surface area contributed by atoms with Gasteiger partial charge in [0.05, 0.1) is 13.2 Å². The van der Waals surface area contributed by atoms with Crippen molar-refractivity contribution < 1.29 is 34.1 Å². The summed E-state index contributed by atoms with van der Waals surface area (Å²) in [6.45, 7) is 20.3. The second kappa shape index (κ2) is 21.3. The standard InChI is InChI=1S/C8H8.C6H10O3.C6H10O2.C4H6O2/c1-2-8-6-4-3-5-7-8;1-5(2)6(8)9-4-3-7;1-4-8-6(7)5(2)3;1-3(2)4(5)6/h2-7H,1H2;7H,1,3-4H2,2H3;2,4H2,1,3H3;1H2,2H3,(H,5,6). The lowest BCUT2D eigenvalue weighted by Crippen LogP contribution is -2.08. The lowest BCUT2D eigenvalue weighted by Gasteiger charge is -1.99. The van der Waals surface area contributed by atoms with Crippen molar-refractivity contribution in [2.45, 2.75) is 27.7 Å². The number of ether oxygens (including phenoxy) is 2. The Morgan fingerprint density at radius 3 is 1.55 bits per heavy atom. The molecule has 0 aliphatic rings. The fraction of sp³-hybridized carbons (Fsp3) is 0.292. The number of hydrogen-bond donors (Lipinski definition) is 2. The van der Waals surface area contributed by atoms with Crippen molar-refractivity contribution in [2.75, 3.05) is 19.8 Å². The molecule has 0 aliphatic heterocycles. The van der Waals surface area contributed by atoms with Crippen LogP contribution in [0, 0.1) is 0 Å². The molecule has 0 aliphatic carbocycles. The molecule has 31 heavy (non-hydrogen) atoms. The molecular formula is C24H34O7. The highest BCUT2D eigenvalue weighted by atomic mass is 16.5. The first-order valence-corrected chi connectivity index (χ1v) is 9.26. The first-order chi connectivity index (χ1) is 14.4. The molecule has 1 aromatic carbocycles. The first-order valence-electron chi connectivity index (χ1n) is 9.26. The van der Waals surface area contributed by atoms with E-state index < -0.39 is 11.9 Å². The molecule has 0 fully saturated rings. The topological polar surface area (TPSA) is 110 Å². The van der Waals surface area contributed by atoms with Crippen molar-refractivity contribution in [1.82, 2.24) is 0 Å². The highest BCUT2D eigenvalue weighted by Gasteiger charge is 2.00. The van der Waals surface area contributed by atoms with Gasteiger partial charge in [0.1, 0.15) is 6.61 Å². The highest BCUT2D eigenvalue weighted by molar-refractivity contribution is 5.87. The quantitative estimate of drug-likeness (QED) is 0.489. The Hall–Kier alpha value is -3.45. The Morgan fingerprint density at radius 2 is 1.32 bits per heavy atom. The summed E-state index contributed by atoms with van der Waals surface area (Å²) in [5, 5.41) is 16.1. The van der Waals surface area contributed by atoms with E-state index in [1.54, 1.807) is 20.8 Å². The van der Waals surface area contributed by atoms with Gasteiger partial charge in [0, 0.05) is 16.7 Å². The summed E-state index contributed by atoms with van der Waals surface area (Å²) in [4.78, 5) is 30.5. The molecule has 0 bridgehead atoms. The van der Waals surface area contributed by atoms with Crippen molar-refractivity contribution in [2.24, 2.45) is 0 Å². The predicted octanol–water partition coefficient (Wildman–Crippen LogP) is 4.20. The molecule has 0 amide bonds.